The number of carbonyl (C=O) groups excluding carboxylic acids is 1. The van der Waals surface area contributed by atoms with Crippen LogP contribution in [0.15, 0.2) is 24.3 Å². The fourth-order valence-corrected chi connectivity index (χ4v) is 2.96. The van der Waals surface area contributed by atoms with Crippen molar-refractivity contribution in [2.75, 3.05) is 6.54 Å². The van der Waals surface area contributed by atoms with E-state index >= 15 is 0 Å². The molecular formula is C17H22F3NO2. The van der Waals surface area contributed by atoms with Gasteiger partial charge in [0.15, 0.2) is 0 Å². The van der Waals surface area contributed by atoms with Gasteiger partial charge in [0.2, 0.25) is 5.91 Å². The van der Waals surface area contributed by atoms with Crippen molar-refractivity contribution in [3.05, 3.63) is 35.4 Å². The summed E-state index contributed by atoms with van der Waals surface area (Å²) in [6.07, 6.45) is -0.898. The lowest BCUT2D eigenvalue weighted by molar-refractivity contribution is -0.137. The molecule has 1 saturated carbocycles. The van der Waals surface area contributed by atoms with E-state index in [4.69, 9.17) is 0 Å². The Morgan fingerprint density at radius 1 is 1.35 bits per heavy atom. The molecule has 6 heteroatoms. The molecule has 0 spiro atoms. The predicted molar refractivity (Wildman–Crippen MR) is 80.7 cm³/mol. The van der Waals surface area contributed by atoms with Gasteiger partial charge in [-0.1, -0.05) is 38.0 Å². The Labute approximate surface area is 133 Å². The first kappa shape index (κ1) is 17.8. The summed E-state index contributed by atoms with van der Waals surface area (Å²) in [4.78, 5) is 12.1. The van der Waals surface area contributed by atoms with Crippen LogP contribution in [-0.2, 0) is 17.4 Å². The van der Waals surface area contributed by atoms with Crippen LogP contribution in [0.5, 0.6) is 0 Å². The van der Waals surface area contributed by atoms with E-state index < -0.39 is 23.3 Å². The Kier molecular flexibility index (Phi) is 5.34. The van der Waals surface area contributed by atoms with Gasteiger partial charge in [-0.3, -0.25) is 4.79 Å². The second kappa shape index (κ2) is 6.91. The van der Waals surface area contributed by atoms with Gasteiger partial charge < -0.3 is 10.4 Å². The maximum absolute atomic E-state index is 12.7. The molecule has 0 bridgehead atoms. The predicted octanol–water partition coefficient (Wildman–Crippen LogP) is 3.31. The molecular weight excluding hydrogens is 307 g/mol. The van der Waals surface area contributed by atoms with Crippen molar-refractivity contribution in [3.8, 4) is 0 Å². The Balaban J connectivity index is 1.90. The van der Waals surface area contributed by atoms with Crippen molar-refractivity contribution >= 4 is 5.91 Å². The van der Waals surface area contributed by atoms with E-state index in [9.17, 15) is 23.1 Å². The van der Waals surface area contributed by atoms with Gasteiger partial charge in [-0.2, -0.15) is 13.2 Å². The van der Waals surface area contributed by atoms with Crippen LogP contribution < -0.4 is 5.32 Å². The van der Waals surface area contributed by atoms with Crippen molar-refractivity contribution in [2.24, 2.45) is 5.92 Å². The number of amides is 1. The molecule has 3 nitrogen and oxygen atoms in total. The molecule has 1 fully saturated rings. The molecule has 1 aromatic carbocycles. The van der Waals surface area contributed by atoms with Gasteiger partial charge in [-0.15, -0.1) is 0 Å². The first-order valence-electron chi connectivity index (χ1n) is 7.86. The maximum Gasteiger partial charge on any atom is 0.416 e. The van der Waals surface area contributed by atoms with E-state index in [-0.39, 0.29) is 18.9 Å². The molecule has 1 amide bonds. The topological polar surface area (TPSA) is 49.3 Å². The van der Waals surface area contributed by atoms with Gasteiger partial charge in [0.05, 0.1) is 11.2 Å². The van der Waals surface area contributed by atoms with Crippen molar-refractivity contribution in [3.63, 3.8) is 0 Å². The highest BCUT2D eigenvalue weighted by Gasteiger charge is 2.32. The Bertz CT molecular complexity index is 551. The third kappa shape index (κ3) is 4.96. The molecule has 0 radical (unpaired) electrons. The fourth-order valence-electron chi connectivity index (χ4n) is 2.96. The number of alkyl halides is 3. The van der Waals surface area contributed by atoms with Gasteiger partial charge in [0.1, 0.15) is 0 Å². The summed E-state index contributed by atoms with van der Waals surface area (Å²) >= 11 is 0. The molecule has 0 aliphatic heterocycles. The zero-order chi connectivity index (χ0) is 17.1. The summed E-state index contributed by atoms with van der Waals surface area (Å²) in [6.45, 7) is 1.88. The van der Waals surface area contributed by atoms with E-state index in [1.165, 1.54) is 6.07 Å². The molecule has 1 unspecified atom stereocenters. The Morgan fingerprint density at radius 3 is 2.61 bits per heavy atom. The minimum absolute atomic E-state index is 0.207. The number of carbonyl (C=O) groups is 1. The lowest BCUT2D eigenvalue weighted by Crippen LogP contribution is -2.42. The smallest absolute Gasteiger partial charge is 0.388 e. The van der Waals surface area contributed by atoms with E-state index in [1.807, 2.05) is 0 Å². The number of benzene rings is 1. The quantitative estimate of drug-likeness (QED) is 0.871. The number of halogens is 3. The number of aliphatic hydroxyl groups is 1. The SMILES string of the molecule is CC(Cc1cccc(C(F)(F)F)c1)C(=O)NCC1(O)CCCC1. The van der Waals surface area contributed by atoms with Crippen LogP contribution in [0.25, 0.3) is 0 Å². The van der Waals surface area contributed by atoms with Crippen LogP contribution in [0.3, 0.4) is 0 Å². The van der Waals surface area contributed by atoms with Crippen LogP contribution in [0.4, 0.5) is 13.2 Å². The average Bonchev–Trinajstić information content (AvgIpc) is 2.91. The van der Waals surface area contributed by atoms with Crippen molar-refractivity contribution in [1.29, 1.82) is 0 Å². The van der Waals surface area contributed by atoms with Crippen LogP contribution in [0.1, 0.15) is 43.7 Å². The number of hydrogen-bond donors (Lipinski definition) is 2. The third-order valence-corrected chi connectivity index (χ3v) is 4.37. The van der Waals surface area contributed by atoms with E-state index in [0.29, 0.717) is 18.4 Å². The first-order chi connectivity index (χ1) is 10.7. The maximum atomic E-state index is 12.7. The highest BCUT2D eigenvalue weighted by atomic mass is 19.4. The highest BCUT2D eigenvalue weighted by molar-refractivity contribution is 5.78. The van der Waals surface area contributed by atoms with Crippen LogP contribution in [-0.4, -0.2) is 23.2 Å². The molecule has 23 heavy (non-hydrogen) atoms. The highest BCUT2D eigenvalue weighted by Crippen LogP contribution is 2.30. The summed E-state index contributed by atoms with van der Waals surface area (Å²) in [7, 11) is 0. The van der Waals surface area contributed by atoms with E-state index in [1.54, 1.807) is 13.0 Å². The van der Waals surface area contributed by atoms with Gasteiger partial charge in [0, 0.05) is 12.5 Å². The van der Waals surface area contributed by atoms with Gasteiger partial charge in [0.25, 0.3) is 0 Å². The molecule has 0 heterocycles. The van der Waals surface area contributed by atoms with Gasteiger partial charge in [-0.25, -0.2) is 0 Å². The largest absolute Gasteiger partial charge is 0.416 e. The van der Waals surface area contributed by atoms with Crippen LogP contribution in [0.2, 0.25) is 0 Å². The van der Waals surface area contributed by atoms with Crippen molar-refractivity contribution < 1.29 is 23.1 Å². The zero-order valence-corrected chi connectivity index (χ0v) is 13.1. The summed E-state index contributed by atoms with van der Waals surface area (Å²) in [5.74, 6) is -0.703. The summed E-state index contributed by atoms with van der Waals surface area (Å²) in [5.41, 5.74) is -1.06. The first-order valence-corrected chi connectivity index (χ1v) is 7.86. The Hall–Kier alpha value is -1.56. The molecule has 1 aliphatic carbocycles. The third-order valence-electron chi connectivity index (χ3n) is 4.37. The number of rotatable bonds is 5. The van der Waals surface area contributed by atoms with Crippen LogP contribution >= 0.6 is 0 Å². The minimum Gasteiger partial charge on any atom is -0.388 e. The van der Waals surface area contributed by atoms with Gasteiger partial charge in [-0.05, 0) is 30.9 Å². The lowest BCUT2D eigenvalue weighted by atomic mass is 9.97. The lowest BCUT2D eigenvalue weighted by Gasteiger charge is -2.23. The number of hydrogen-bond acceptors (Lipinski definition) is 2. The molecule has 0 saturated heterocycles. The minimum atomic E-state index is -4.38. The van der Waals surface area contributed by atoms with E-state index in [0.717, 1.165) is 25.0 Å². The van der Waals surface area contributed by atoms with E-state index in [2.05, 4.69) is 5.32 Å². The van der Waals surface area contributed by atoms with Gasteiger partial charge >= 0.3 is 6.18 Å². The molecule has 1 atom stereocenters. The molecule has 0 aromatic heterocycles. The van der Waals surface area contributed by atoms with Crippen molar-refractivity contribution in [2.45, 2.75) is 50.8 Å². The molecule has 1 aromatic rings. The molecule has 1 aliphatic rings. The summed E-state index contributed by atoms with van der Waals surface area (Å²) in [6, 6.07) is 5.03. The molecule has 2 N–H and O–H groups in total. The molecule has 128 valence electrons. The summed E-state index contributed by atoms with van der Waals surface area (Å²) in [5, 5.41) is 12.9. The second-order valence-corrected chi connectivity index (χ2v) is 6.45. The molecule has 2 rings (SSSR count). The Morgan fingerprint density at radius 2 is 2.00 bits per heavy atom. The normalized spacial score (nSPS) is 18.7. The van der Waals surface area contributed by atoms with Crippen molar-refractivity contribution in [1.82, 2.24) is 5.32 Å². The summed E-state index contributed by atoms with van der Waals surface area (Å²) < 4.78 is 38.1. The van der Waals surface area contributed by atoms with Crippen LogP contribution in [0, 0.1) is 5.92 Å². The monoisotopic (exact) mass is 329 g/mol. The second-order valence-electron chi connectivity index (χ2n) is 6.45. The average molecular weight is 329 g/mol. The number of nitrogens with one attached hydrogen (secondary N) is 1. The standard InChI is InChI=1S/C17H22F3NO2/c1-12(15(22)21-11-16(23)7-2-3-8-16)9-13-5-4-6-14(10-13)17(18,19)20/h4-6,10,12,23H,2-3,7-9,11H2,1H3,(H,21,22). The fraction of sp³-hybridized carbons (Fsp3) is 0.588. The zero-order valence-electron chi connectivity index (χ0n) is 13.1.